The molecule has 4 heteroatoms. The molecule has 3 N–H and O–H groups in total. The van der Waals surface area contributed by atoms with Crippen LogP contribution in [0.5, 0.6) is 0 Å². The topological polar surface area (TPSA) is 87.1 Å². The molecule has 0 aliphatic carbocycles. The second-order valence-corrected chi connectivity index (χ2v) is 2.05. The summed E-state index contributed by atoms with van der Waals surface area (Å²) < 4.78 is 0. The Morgan fingerprint density at radius 1 is 1.80 bits per heavy atom. The number of nitrogens with two attached hydrogens (primary N) is 1. The van der Waals surface area contributed by atoms with E-state index >= 15 is 0 Å². The average molecular weight is 142 g/mol. The summed E-state index contributed by atoms with van der Waals surface area (Å²) >= 11 is 0. The zero-order valence-corrected chi connectivity index (χ0v) is 5.58. The number of hydrogen-bond donors (Lipinski definition) is 2. The van der Waals surface area contributed by atoms with Crippen LogP contribution in [0.4, 0.5) is 0 Å². The van der Waals surface area contributed by atoms with Crippen molar-refractivity contribution in [2.75, 3.05) is 0 Å². The highest BCUT2D eigenvalue weighted by atomic mass is 16.4. The van der Waals surface area contributed by atoms with E-state index in [2.05, 4.69) is 0 Å². The third-order valence-corrected chi connectivity index (χ3v) is 1.06. The van der Waals surface area contributed by atoms with Gasteiger partial charge in [0, 0.05) is 12.5 Å². The second kappa shape index (κ2) is 4.77. The first-order chi connectivity index (χ1) is 4.66. The van der Waals surface area contributed by atoms with Gasteiger partial charge in [-0.05, 0) is 6.42 Å². The first-order valence-corrected chi connectivity index (χ1v) is 3.01. The quantitative estimate of drug-likeness (QED) is 0.582. The minimum Gasteiger partial charge on any atom is -0.481 e. The molecule has 0 aromatic carbocycles. The monoisotopic (exact) mass is 142 g/mol. The molecule has 0 unspecified atom stereocenters. The molecule has 0 saturated heterocycles. The van der Waals surface area contributed by atoms with Crippen LogP contribution in [0.2, 0.25) is 0 Å². The molecule has 0 fully saturated rings. The van der Waals surface area contributed by atoms with E-state index < -0.39 is 5.97 Å². The van der Waals surface area contributed by atoms with Gasteiger partial charge < -0.3 is 10.8 Å². The molecule has 0 aromatic heterocycles. The normalized spacial score (nSPS) is 12.0. The summed E-state index contributed by atoms with van der Waals surface area (Å²) in [5, 5.41) is 16.3. The summed E-state index contributed by atoms with van der Waals surface area (Å²) in [6.45, 7) is 0. The van der Waals surface area contributed by atoms with Crippen molar-refractivity contribution < 1.29 is 9.90 Å². The van der Waals surface area contributed by atoms with E-state index in [1.54, 1.807) is 0 Å². The lowest BCUT2D eigenvalue weighted by Gasteiger charge is -2.03. The average Bonchev–Trinajstić information content (AvgIpc) is 1.82. The number of carbonyl (C=O) groups is 1. The smallest absolute Gasteiger partial charge is 0.304 e. The van der Waals surface area contributed by atoms with Crippen LogP contribution in [0.25, 0.3) is 0 Å². The van der Waals surface area contributed by atoms with E-state index in [1.807, 2.05) is 6.07 Å². The molecule has 4 nitrogen and oxygen atoms in total. The Hall–Kier alpha value is -1.08. The van der Waals surface area contributed by atoms with Crippen molar-refractivity contribution in [3.63, 3.8) is 0 Å². The van der Waals surface area contributed by atoms with Crippen LogP contribution in [0, 0.1) is 11.3 Å². The van der Waals surface area contributed by atoms with Crippen LogP contribution in [0.3, 0.4) is 0 Å². The molecule has 0 heterocycles. The van der Waals surface area contributed by atoms with Gasteiger partial charge in [0.25, 0.3) is 0 Å². The van der Waals surface area contributed by atoms with Gasteiger partial charge in [0.2, 0.25) is 0 Å². The molecule has 0 aliphatic rings. The van der Waals surface area contributed by atoms with E-state index in [4.69, 9.17) is 16.1 Å². The number of carboxylic acid groups (broad SMARTS) is 1. The van der Waals surface area contributed by atoms with E-state index in [9.17, 15) is 4.79 Å². The molecular formula is C6H10N2O2. The molecule has 0 spiro atoms. The van der Waals surface area contributed by atoms with E-state index in [0.717, 1.165) is 0 Å². The lowest BCUT2D eigenvalue weighted by atomic mass is 10.1. The third-order valence-electron chi connectivity index (χ3n) is 1.06. The van der Waals surface area contributed by atoms with Crippen molar-refractivity contribution >= 4 is 5.97 Å². The number of hydrogen-bond acceptors (Lipinski definition) is 3. The first kappa shape index (κ1) is 8.92. The first-order valence-electron chi connectivity index (χ1n) is 3.01. The Morgan fingerprint density at radius 2 is 2.40 bits per heavy atom. The SMILES string of the molecule is N#CCC[C@H](N)CC(=O)O. The van der Waals surface area contributed by atoms with Gasteiger partial charge in [-0.25, -0.2) is 0 Å². The van der Waals surface area contributed by atoms with Gasteiger partial charge in [0.1, 0.15) is 0 Å². The van der Waals surface area contributed by atoms with Gasteiger partial charge in [-0.2, -0.15) is 5.26 Å². The minimum absolute atomic E-state index is 0.0539. The lowest BCUT2D eigenvalue weighted by molar-refractivity contribution is -0.137. The number of rotatable bonds is 4. The molecule has 56 valence electrons. The van der Waals surface area contributed by atoms with Crippen molar-refractivity contribution in [3.05, 3.63) is 0 Å². The Labute approximate surface area is 59.3 Å². The largest absolute Gasteiger partial charge is 0.481 e. The van der Waals surface area contributed by atoms with Gasteiger partial charge in [-0.1, -0.05) is 0 Å². The molecule has 0 aromatic rings. The standard InChI is InChI=1S/C6H10N2O2/c7-3-1-2-5(8)4-6(9)10/h5H,1-2,4,8H2,(H,9,10)/t5-/m0/s1. The van der Waals surface area contributed by atoms with Crippen LogP contribution in [0.1, 0.15) is 19.3 Å². The maximum atomic E-state index is 10.0. The predicted molar refractivity (Wildman–Crippen MR) is 35.1 cm³/mol. The van der Waals surface area contributed by atoms with Crippen LogP contribution >= 0.6 is 0 Å². The Morgan fingerprint density at radius 3 is 2.80 bits per heavy atom. The fraction of sp³-hybridized carbons (Fsp3) is 0.667. The minimum atomic E-state index is -0.912. The van der Waals surface area contributed by atoms with Crippen LogP contribution in [-0.2, 0) is 4.79 Å². The van der Waals surface area contributed by atoms with Gasteiger partial charge >= 0.3 is 5.97 Å². The zero-order chi connectivity index (χ0) is 7.98. The fourth-order valence-corrected chi connectivity index (χ4v) is 0.576. The van der Waals surface area contributed by atoms with Crippen molar-refractivity contribution in [3.8, 4) is 6.07 Å². The molecule has 10 heavy (non-hydrogen) atoms. The van der Waals surface area contributed by atoms with Gasteiger partial charge in [-0.15, -0.1) is 0 Å². The Bertz CT molecular complexity index is 150. The van der Waals surface area contributed by atoms with Gasteiger partial charge in [0.15, 0.2) is 0 Å². The molecule has 0 rings (SSSR count). The molecule has 0 amide bonds. The highest BCUT2D eigenvalue weighted by molar-refractivity contribution is 5.67. The number of aliphatic carboxylic acids is 1. The second-order valence-electron chi connectivity index (χ2n) is 2.05. The zero-order valence-electron chi connectivity index (χ0n) is 5.58. The predicted octanol–water partition coefficient (Wildman–Crippen LogP) is 0.0922. The van der Waals surface area contributed by atoms with Gasteiger partial charge in [0.05, 0.1) is 12.5 Å². The van der Waals surface area contributed by atoms with Crippen molar-refractivity contribution in [1.82, 2.24) is 0 Å². The summed E-state index contributed by atoms with van der Waals surface area (Å²) in [4.78, 5) is 10.0. The highest BCUT2D eigenvalue weighted by Crippen LogP contribution is 1.97. The fourth-order valence-electron chi connectivity index (χ4n) is 0.576. The maximum Gasteiger partial charge on any atom is 0.304 e. The summed E-state index contributed by atoms with van der Waals surface area (Å²) in [7, 11) is 0. The van der Waals surface area contributed by atoms with Crippen LogP contribution in [0.15, 0.2) is 0 Å². The van der Waals surface area contributed by atoms with Crippen LogP contribution < -0.4 is 5.73 Å². The molecule has 0 saturated carbocycles. The maximum absolute atomic E-state index is 10.0. The van der Waals surface area contributed by atoms with Crippen molar-refractivity contribution in [2.45, 2.75) is 25.3 Å². The van der Waals surface area contributed by atoms with Crippen molar-refractivity contribution in [1.29, 1.82) is 5.26 Å². The molecule has 1 atom stereocenters. The number of carboxylic acids is 1. The van der Waals surface area contributed by atoms with Crippen LogP contribution in [-0.4, -0.2) is 17.1 Å². The van der Waals surface area contributed by atoms with E-state index in [-0.39, 0.29) is 12.5 Å². The Balaban J connectivity index is 3.36. The van der Waals surface area contributed by atoms with E-state index in [1.165, 1.54) is 0 Å². The Kier molecular flexibility index (Phi) is 4.25. The summed E-state index contributed by atoms with van der Waals surface area (Å²) in [6.07, 6.45) is 0.735. The van der Waals surface area contributed by atoms with Crippen molar-refractivity contribution in [2.24, 2.45) is 5.73 Å². The summed E-state index contributed by atoms with van der Waals surface area (Å²) in [5.74, 6) is -0.912. The highest BCUT2D eigenvalue weighted by Gasteiger charge is 2.06. The molecular weight excluding hydrogens is 132 g/mol. The molecule has 0 radical (unpaired) electrons. The summed E-state index contributed by atoms with van der Waals surface area (Å²) in [6, 6.07) is 1.52. The summed E-state index contributed by atoms with van der Waals surface area (Å²) in [5.41, 5.74) is 5.33. The molecule has 0 bridgehead atoms. The van der Waals surface area contributed by atoms with E-state index in [0.29, 0.717) is 12.8 Å². The lowest BCUT2D eigenvalue weighted by Crippen LogP contribution is -2.23. The third kappa shape index (κ3) is 5.06. The number of nitrogens with zero attached hydrogens (tertiary/aromatic N) is 1. The number of nitriles is 1. The molecule has 0 aliphatic heterocycles. The van der Waals surface area contributed by atoms with Gasteiger partial charge in [-0.3, -0.25) is 4.79 Å².